The average molecular weight is 652 g/mol. The molecule has 2 N–H and O–H groups in total. The van der Waals surface area contributed by atoms with Crippen LogP contribution < -0.4 is 9.80 Å². The largest absolute Gasteiger partial charge is 0.469 e. The molecule has 0 aromatic heterocycles. The zero-order valence-corrected chi connectivity index (χ0v) is 28.1. The Kier molecular flexibility index (Phi) is 10.0. The van der Waals surface area contributed by atoms with Crippen LogP contribution in [0.15, 0.2) is 48.5 Å². The highest BCUT2D eigenvalue weighted by Crippen LogP contribution is 2.60. The second-order valence-corrected chi connectivity index (χ2v) is 17.1. The number of esters is 1. The third-order valence-corrected chi connectivity index (χ3v) is 12.4. The summed E-state index contributed by atoms with van der Waals surface area (Å²) in [6.45, 7) is 6.30. The van der Waals surface area contributed by atoms with Gasteiger partial charge in [0.25, 0.3) is 5.91 Å². The maximum Gasteiger partial charge on any atom is 0.305 e. The van der Waals surface area contributed by atoms with Gasteiger partial charge in [-0.1, -0.05) is 25.1 Å². The van der Waals surface area contributed by atoms with Gasteiger partial charge in [-0.15, -0.1) is 0 Å². The van der Waals surface area contributed by atoms with Crippen LogP contribution in [0.25, 0.3) is 0 Å². The van der Waals surface area contributed by atoms with Crippen LogP contribution in [-0.4, -0.2) is 86.3 Å². The van der Waals surface area contributed by atoms with Crippen molar-refractivity contribution in [3.63, 3.8) is 0 Å². The lowest BCUT2D eigenvalue weighted by Crippen LogP contribution is -2.46. The Bertz CT molecular complexity index is 1450. The molecule has 12 heteroatoms. The maximum absolute atomic E-state index is 14.7. The number of aliphatic hydroxyl groups excluding tert-OH is 1. The molecule has 3 amide bonds. The summed E-state index contributed by atoms with van der Waals surface area (Å²) in [6, 6.07) is 14.4. The number of hydrogen-bond donors (Lipinski definition) is 2. The monoisotopic (exact) mass is 651 g/mol. The highest BCUT2D eigenvalue weighted by atomic mass is 28.4. The van der Waals surface area contributed by atoms with E-state index in [4.69, 9.17) is 9.47 Å². The number of carbonyl (C=O) groups is 4. The Morgan fingerprint density at radius 1 is 1.15 bits per heavy atom. The first-order valence-corrected chi connectivity index (χ1v) is 19.1. The van der Waals surface area contributed by atoms with E-state index in [1.54, 1.807) is 15.9 Å². The molecule has 1 spiro atoms. The fourth-order valence-electron chi connectivity index (χ4n) is 7.78. The fourth-order valence-corrected chi connectivity index (χ4v) is 10.3. The normalized spacial score (nSPS) is 25.7. The van der Waals surface area contributed by atoms with E-state index in [0.717, 1.165) is 19.3 Å². The van der Waals surface area contributed by atoms with Gasteiger partial charge in [0.2, 0.25) is 12.3 Å². The Balaban J connectivity index is 1.56. The number of carbonyl (C=O) groups excluding carboxylic acids is 4. The molecule has 46 heavy (non-hydrogen) atoms. The molecule has 5 atom stereocenters. The van der Waals surface area contributed by atoms with Gasteiger partial charge in [0.15, 0.2) is 13.9 Å². The van der Waals surface area contributed by atoms with Gasteiger partial charge in [-0.05, 0) is 69.1 Å². The molecule has 3 aliphatic rings. The molecule has 11 nitrogen and oxygen atoms in total. The van der Waals surface area contributed by atoms with E-state index in [0.29, 0.717) is 48.6 Å². The number of para-hydroxylation sites is 1. The molecule has 3 aliphatic heterocycles. The minimum absolute atomic E-state index is 0.0177. The van der Waals surface area contributed by atoms with Crippen molar-refractivity contribution in [1.82, 2.24) is 4.90 Å². The van der Waals surface area contributed by atoms with Crippen molar-refractivity contribution in [1.29, 1.82) is 0 Å². The topological polar surface area (TPSA) is 137 Å². The molecular formula is C34H45N3O8Si. The third-order valence-electron chi connectivity index (χ3n) is 9.91. The molecule has 0 bridgehead atoms. The van der Waals surface area contributed by atoms with Gasteiger partial charge in [-0.3, -0.25) is 24.1 Å². The number of unbranched alkanes of at least 4 members (excludes halogenated alkanes) is 1. The number of amides is 3. The first kappa shape index (κ1) is 33.8. The SMILES string of the molecule is COC(=O)CCCCN1C(=O)[C@]2(O[C@H](CC(=O)N3CCC[C@H]3CO)[C@@H]([Si](C)(C)O)[C@@H]2C)c2cc(N(C=O)c3ccccc3)ccc21. The summed E-state index contributed by atoms with van der Waals surface area (Å²) in [4.78, 5) is 68.9. The Morgan fingerprint density at radius 3 is 2.54 bits per heavy atom. The summed E-state index contributed by atoms with van der Waals surface area (Å²) >= 11 is 0. The zero-order valence-electron chi connectivity index (χ0n) is 27.1. The quantitative estimate of drug-likeness (QED) is 0.153. The molecular weight excluding hydrogens is 606 g/mol. The van der Waals surface area contributed by atoms with Gasteiger partial charge >= 0.3 is 5.97 Å². The molecule has 3 heterocycles. The van der Waals surface area contributed by atoms with E-state index in [9.17, 15) is 29.1 Å². The lowest BCUT2D eigenvalue weighted by atomic mass is 9.82. The highest BCUT2D eigenvalue weighted by molar-refractivity contribution is 6.71. The molecule has 2 aromatic carbocycles. The number of hydrogen-bond acceptors (Lipinski definition) is 8. The number of aliphatic hydroxyl groups is 1. The van der Waals surface area contributed by atoms with E-state index < -0.39 is 31.5 Å². The first-order valence-electron chi connectivity index (χ1n) is 16.1. The van der Waals surface area contributed by atoms with Crippen molar-refractivity contribution in [3.8, 4) is 0 Å². The molecule has 0 aliphatic carbocycles. The molecule has 0 radical (unpaired) electrons. The van der Waals surface area contributed by atoms with Crippen molar-refractivity contribution in [2.45, 2.75) is 81.8 Å². The molecule has 5 rings (SSSR count). The van der Waals surface area contributed by atoms with Crippen LogP contribution in [-0.2, 0) is 34.3 Å². The minimum Gasteiger partial charge on any atom is -0.469 e. The molecule has 248 valence electrons. The van der Waals surface area contributed by atoms with Gasteiger partial charge < -0.3 is 29.2 Å². The van der Waals surface area contributed by atoms with Crippen LogP contribution in [0.5, 0.6) is 0 Å². The van der Waals surface area contributed by atoms with Crippen molar-refractivity contribution in [2.75, 3.05) is 36.6 Å². The van der Waals surface area contributed by atoms with Gasteiger partial charge in [0.1, 0.15) is 0 Å². The molecule has 0 unspecified atom stereocenters. The standard InChI is InChI=1S/C34H45N3O8Si/c1-23-32(46(3,4)43)29(20-30(40)35-18-10-13-26(35)21-38)45-34(23)27-19-25(37(22-39)24-11-6-5-7-12-24)15-16-28(27)36(33(34)42)17-9-8-14-31(41)44-2/h5-7,11-12,15-16,19,22-23,26,29,32,38,43H,8-10,13-14,17-18,20-21H2,1-4H3/t23-,26-,29+,32-,34+/m0/s1. The highest BCUT2D eigenvalue weighted by Gasteiger charge is 2.66. The smallest absolute Gasteiger partial charge is 0.305 e. The average Bonchev–Trinajstić information content (AvgIpc) is 3.70. The van der Waals surface area contributed by atoms with Crippen LogP contribution in [0.1, 0.15) is 51.0 Å². The summed E-state index contributed by atoms with van der Waals surface area (Å²) in [6.07, 6.45) is 2.81. The van der Waals surface area contributed by atoms with Crippen LogP contribution >= 0.6 is 0 Å². The summed E-state index contributed by atoms with van der Waals surface area (Å²) in [5.74, 6) is -1.25. The number of nitrogens with zero attached hydrogens (tertiary/aromatic N) is 3. The first-order chi connectivity index (χ1) is 22.0. The van der Waals surface area contributed by atoms with Crippen LogP contribution in [0.3, 0.4) is 0 Å². The predicted molar refractivity (Wildman–Crippen MR) is 175 cm³/mol. The summed E-state index contributed by atoms with van der Waals surface area (Å²) < 4.78 is 11.6. The predicted octanol–water partition coefficient (Wildman–Crippen LogP) is 3.84. The number of benzene rings is 2. The van der Waals surface area contributed by atoms with Crippen molar-refractivity contribution >= 4 is 49.6 Å². The molecule has 2 saturated heterocycles. The minimum atomic E-state index is -3.03. The van der Waals surface area contributed by atoms with E-state index in [1.807, 2.05) is 62.5 Å². The molecule has 2 aromatic rings. The number of likely N-dealkylation sites (tertiary alicyclic amines) is 1. The van der Waals surface area contributed by atoms with E-state index in [-0.39, 0.29) is 43.3 Å². The van der Waals surface area contributed by atoms with Crippen LogP contribution in [0.2, 0.25) is 18.6 Å². The van der Waals surface area contributed by atoms with E-state index >= 15 is 0 Å². The third kappa shape index (κ3) is 6.11. The van der Waals surface area contributed by atoms with Gasteiger partial charge in [0, 0.05) is 47.9 Å². The lowest BCUT2D eigenvalue weighted by molar-refractivity contribution is -0.150. The lowest BCUT2D eigenvalue weighted by Gasteiger charge is -2.33. The second-order valence-electron chi connectivity index (χ2n) is 13.1. The van der Waals surface area contributed by atoms with E-state index in [2.05, 4.69) is 0 Å². The van der Waals surface area contributed by atoms with E-state index in [1.165, 1.54) is 12.0 Å². The second kappa shape index (κ2) is 13.6. The Morgan fingerprint density at radius 2 is 1.89 bits per heavy atom. The molecule has 2 fully saturated rings. The Hall–Kier alpha value is -3.58. The van der Waals surface area contributed by atoms with Gasteiger partial charge in [0.05, 0.1) is 38.0 Å². The van der Waals surface area contributed by atoms with Crippen LogP contribution in [0.4, 0.5) is 17.1 Å². The van der Waals surface area contributed by atoms with Gasteiger partial charge in [-0.2, -0.15) is 0 Å². The fraction of sp³-hybridized carbons (Fsp3) is 0.529. The number of methoxy groups -OCH3 is 1. The summed E-state index contributed by atoms with van der Waals surface area (Å²) in [5.41, 5.74) is 0.484. The number of fused-ring (bicyclic) bond motifs is 2. The number of anilines is 3. The number of rotatable bonds is 12. The zero-order chi connectivity index (χ0) is 33.2. The Labute approximate surface area is 271 Å². The number of ether oxygens (including phenoxy) is 2. The summed E-state index contributed by atoms with van der Waals surface area (Å²) in [5, 5.41) is 9.85. The summed E-state index contributed by atoms with van der Waals surface area (Å²) in [7, 11) is -1.68. The van der Waals surface area contributed by atoms with Gasteiger partial charge in [-0.25, -0.2) is 0 Å². The van der Waals surface area contributed by atoms with Crippen molar-refractivity contribution in [2.24, 2.45) is 5.92 Å². The van der Waals surface area contributed by atoms with Crippen LogP contribution in [0, 0.1) is 5.92 Å². The van der Waals surface area contributed by atoms with Crippen molar-refractivity contribution in [3.05, 3.63) is 54.1 Å². The molecule has 0 saturated carbocycles. The maximum atomic E-state index is 14.7. The van der Waals surface area contributed by atoms with Crippen molar-refractivity contribution < 1.29 is 38.6 Å².